The molecule has 98 valence electrons. The maximum atomic E-state index is 11.6. The van der Waals surface area contributed by atoms with Crippen LogP contribution in [0.1, 0.15) is 5.56 Å². The Labute approximate surface area is 113 Å². The van der Waals surface area contributed by atoms with Crippen LogP contribution in [0, 0.1) is 6.92 Å². The Morgan fingerprint density at radius 2 is 2.00 bits per heavy atom. The quantitative estimate of drug-likeness (QED) is 0.576. The molecule has 7 heteroatoms. The summed E-state index contributed by atoms with van der Waals surface area (Å²) >= 11 is 1.21. The number of hydrogen-bond acceptors (Lipinski definition) is 5. The van der Waals surface area contributed by atoms with Crippen molar-refractivity contribution >= 4 is 34.0 Å². The van der Waals surface area contributed by atoms with E-state index < -0.39 is 11.8 Å². The lowest BCUT2D eigenvalue weighted by molar-refractivity contribution is -0.133. The van der Waals surface area contributed by atoms with Crippen molar-refractivity contribution in [1.82, 2.24) is 4.98 Å². The Morgan fingerprint density at radius 3 is 2.63 bits per heavy atom. The summed E-state index contributed by atoms with van der Waals surface area (Å²) in [5.41, 5.74) is 1.03. The molecular formula is C12H11N3O3S. The maximum Gasteiger partial charge on any atom is 0.315 e. The molecule has 1 aromatic heterocycles. The summed E-state index contributed by atoms with van der Waals surface area (Å²) in [6.07, 6.45) is 1.52. The van der Waals surface area contributed by atoms with Crippen molar-refractivity contribution in [2.24, 2.45) is 0 Å². The number of aromatic nitrogens is 1. The summed E-state index contributed by atoms with van der Waals surface area (Å²) < 4.78 is 0. The average molecular weight is 277 g/mol. The minimum atomic E-state index is -0.866. The zero-order valence-electron chi connectivity index (χ0n) is 10.0. The number of aryl methyl sites for hydroxylation is 1. The molecule has 2 amide bonds. The van der Waals surface area contributed by atoms with E-state index >= 15 is 0 Å². The number of phenolic OH excluding ortho intramolecular Hbond substituents is 1. The van der Waals surface area contributed by atoms with Crippen molar-refractivity contribution in [3.05, 3.63) is 35.3 Å². The van der Waals surface area contributed by atoms with Crippen molar-refractivity contribution < 1.29 is 14.7 Å². The van der Waals surface area contributed by atoms with Gasteiger partial charge in [0.05, 0.1) is 5.69 Å². The number of thiazole rings is 1. The highest BCUT2D eigenvalue weighted by Crippen LogP contribution is 2.23. The van der Waals surface area contributed by atoms with Crippen LogP contribution in [-0.4, -0.2) is 21.9 Å². The Bertz CT molecular complexity index is 611. The fraction of sp³-hybridized carbons (Fsp3) is 0.0833. The number of anilines is 2. The van der Waals surface area contributed by atoms with E-state index in [2.05, 4.69) is 15.6 Å². The second-order valence-electron chi connectivity index (χ2n) is 3.77. The van der Waals surface area contributed by atoms with Crippen molar-refractivity contribution in [3.63, 3.8) is 0 Å². The van der Waals surface area contributed by atoms with Crippen molar-refractivity contribution in [3.8, 4) is 5.75 Å². The maximum absolute atomic E-state index is 11.6. The zero-order valence-corrected chi connectivity index (χ0v) is 10.8. The van der Waals surface area contributed by atoms with Crippen molar-refractivity contribution in [1.29, 1.82) is 0 Å². The number of amides is 2. The molecule has 0 atom stereocenters. The smallest absolute Gasteiger partial charge is 0.315 e. The van der Waals surface area contributed by atoms with Crippen LogP contribution in [0.3, 0.4) is 0 Å². The van der Waals surface area contributed by atoms with Gasteiger partial charge >= 0.3 is 11.8 Å². The lowest BCUT2D eigenvalue weighted by atomic mass is 10.2. The first kappa shape index (κ1) is 13.0. The molecular weight excluding hydrogens is 266 g/mol. The number of aromatic hydroxyl groups is 1. The first-order valence-corrected chi connectivity index (χ1v) is 6.25. The van der Waals surface area contributed by atoms with Crippen LogP contribution < -0.4 is 10.6 Å². The second kappa shape index (κ2) is 5.49. The van der Waals surface area contributed by atoms with E-state index in [-0.39, 0.29) is 11.4 Å². The summed E-state index contributed by atoms with van der Waals surface area (Å²) in [5.74, 6) is -1.79. The van der Waals surface area contributed by atoms with Gasteiger partial charge < -0.3 is 10.4 Å². The lowest BCUT2D eigenvalue weighted by Crippen LogP contribution is -2.29. The average Bonchev–Trinajstić information content (AvgIpc) is 2.85. The van der Waals surface area contributed by atoms with Crippen LogP contribution >= 0.6 is 11.3 Å². The SMILES string of the molecule is Cc1ccc(NC(=O)C(=O)Nc2nccs2)c(O)c1. The standard InChI is InChI=1S/C12H11N3O3S/c1-7-2-3-8(9(16)6-7)14-10(17)11(18)15-12-13-4-5-19-12/h2-6,16H,1H3,(H,14,17)(H,13,15,18). The fourth-order valence-electron chi connectivity index (χ4n) is 1.37. The largest absolute Gasteiger partial charge is 0.506 e. The molecule has 0 aliphatic rings. The van der Waals surface area contributed by atoms with E-state index in [9.17, 15) is 14.7 Å². The normalized spacial score (nSPS) is 9.95. The predicted octanol–water partition coefficient (Wildman–Crippen LogP) is 1.73. The van der Waals surface area contributed by atoms with Crippen LogP contribution in [0.2, 0.25) is 0 Å². The third-order valence-corrected chi connectivity index (χ3v) is 2.95. The monoisotopic (exact) mass is 277 g/mol. The van der Waals surface area contributed by atoms with Crippen LogP contribution in [0.4, 0.5) is 10.8 Å². The third-order valence-electron chi connectivity index (χ3n) is 2.26. The van der Waals surface area contributed by atoms with E-state index in [1.54, 1.807) is 18.4 Å². The highest BCUT2D eigenvalue weighted by Gasteiger charge is 2.16. The summed E-state index contributed by atoms with van der Waals surface area (Å²) in [6.45, 7) is 1.81. The molecule has 3 N–H and O–H groups in total. The molecule has 1 aromatic carbocycles. The van der Waals surface area contributed by atoms with Gasteiger partial charge in [0.2, 0.25) is 0 Å². The van der Waals surface area contributed by atoms with Gasteiger partial charge in [-0.25, -0.2) is 4.98 Å². The number of phenols is 1. The van der Waals surface area contributed by atoms with Crippen LogP contribution in [0.15, 0.2) is 29.8 Å². The highest BCUT2D eigenvalue weighted by molar-refractivity contribution is 7.13. The molecule has 0 fully saturated rings. The Morgan fingerprint density at radius 1 is 1.26 bits per heavy atom. The van der Waals surface area contributed by atoms with E-state index in [1.807, 2.05) is 0 Å². The summed E-state index contributed by atoms with van der Waals surface area (Å²) in [5, 5.41) is 16.3. The van der Waals surface area contributed by atoms with Gasteiger partial charge in [-0.3, -0.25) is 14.9 Å². The summed E-state index contributed by atoms with van der Waals surface area (Å²) in [7, 11) is 0. The lowest BCUT2D eigenvalue weighted by Gasteiger charge is -2.07. The topological polar surface area (TPSA) is 91.3 Å². The van der Waals surface area contributed by atoms with Gasteiger partial charge in [-0.1, -0.05) is 6.07 Å². The molecule has 0 saturated carbocycles. The zero-order chi connectivity index (χ0) is 13.8. The molecule has 0 spiro atoms. The Balaban J connectivity index is 2.02. The second-order valence-corrected chi connectivity index (χ2v) is 4.66. The number of benzene rings is 1. The van der Waals surface area contributed by atoms with Gasteiger partial charge in [-0.2, -0.15) is 0 Å². The minimum Gasteiger partial charge on any atom is -0.506 e. The van der Waals surface area contributed by atoms with Crippen LogP contribution in [0.5, 0.6) is 5.75 Å². The number of nitrogens with zero attached hydrogens (tertiary/aromatic N) is 1. The number of rotatable bonds is 2. The number of nitrogens with one attached hydrogen (secondary N) is 2. The van der Waals surface area contributed by atoms with E-state index in [4.69, 9.17) is 0 Å². The molecule has 0 aliphatic heterocycles. The molecule has 0 bridgehead atoms. The molecule has 0 aliphatic carbocycles. The molecule has 1 heterocycles. The summed E-state index contributed by atoms with van der Waals surface area (Å²) in [6, 6.07) is 4.74. The van der Waals surface area contributed by atoms with Crippen LogP contribution in [0.25, 0.3) is 0 Å². The van der Waals surface area contributed by atoms with E-state index in [0.717, 1.165) is 5.56 Å². The minimum absolute atomic E-state index is 0.0876. The number of carbonyl (C=O) groups excluding carboxylic acids is 2. The highest BCUT2D eigenvalue weighted by atomic mass is 32.1. The van der Waals surface area contributed by atoms with Gasteiger partial charge in [0.15, 0.2) is 5.13 Å². The van der Waals surface area contributed by atoms with Gasteiger partial charge in [0.1, 0.15) is 5.75 Å². The molecule has 0 radical (unpaired) electrons. The first-order chi connectivity index (χ1) is 9.06. The third kappa shape index (κ3) is 3.29. The predicted molar refractivity (Wildman–Crippen MR) is 72.2 cm³/mol. The molecule has 0 saturated heterocycles. The van der Waals surface area contributed by atoms with Gasteiger partial charge in [-0.05, 0) is 24.6 Å². The van der Waals surface area contributed by atoms with Crippen LogP contribution in [-0.2, 0) is 9.59 Å². The molecule has 19 heavy (non-hydrogen) atoms. The van der Waals surface area contributed by atoms with Gasteiger partial charge in [-0.15, -0.1) is 11.3 Å². The molecule has 2 rings (SSSR count). The summed E-state index contributed by atoms with van der Waals surface area (Å²) in [4.78, 5) is 27.0. The van der Waals surface area contributed by atoms with E-state index in [0.29, 0.717) is 5.13 Å². The molecule has 2 aromatic rings. The van der Waals surface area contributed by atoms with E-state index in [1.165, 1.54) is 29.7 Å². The molecule has 6 nitrogen and oxygen atoms in total. The number of carbonyl (C=O) groups is 2. The van der Waals surface area contributed by atoms with Gasteiger partial charge in [0.25, 0.3) is 0 Å². The van der Waals surface area contributed by atoms with Gasteiger partial charge in [0, 0.05) is 11.6 Å². The van der Waals surface area contributed by atoms with Crippen molar-refractivity contribution in [2.75, 3.05) is 10.6 Å². The van der Waals surface area contributed by atoms with Crippen molar-refractivity contribution in [2.45, 2.75) is 6.92 Å². The Kier molecular flexibility index (Phi) is 3.76. The molecule has 0 unspecified atom stereocenters. The fourth-order valence-corrected chi connectivity index (χ4v) is 1.89. The number of hydrogen-bond donors (Lipinski definition) is 3. The first-order valence-electron chi connectivity index (χ1n) is 5.37. The Hall–Kier alpha value is -2.41.